The fourth-order valence-electron chi connectivity index (χ4n) is 3.33. The molecular formula is C21H21FN4OS. The zero-order valence-electron chi connectivity index (χ0n) is 16.0. The van der Waals surface area contributed by atoms with Crippen LogP contribution in [0, 0.1) is 18.7 Å². The molecule has 0 aliphatic heterocycles. The van der Waals surface area contributed by atoms with Gasteiger partial charge in [-0.2, -0.15) is 0 Å². The lowest BCUT2D eigenvalue weighted by Gasteiger charge is -2.13. The number of fused-ring (bicyclic) bond motifs is 3. The van der Waals surface area contributed by atoms with Crippen LogP contribution in [0.1, 0.15) is 25.0 Å². The Balaban J connectivity index is 1.87. The minimum Gasteiger partial charge on any atom is -0.276 e. The van der Waals surface area contributed by atoms with E-state index in [1.807, 2.05) is 24.3 Å². The molecule has 2 aromatic heterocycles. The van der Waals surface area contributed by atoms with Crippen LogP contribution in [0.2, 0.25) is 0 Å². The van der Waals surface area contributed by atoms with E-state index in [0.717, 1.165) is 5.75 Å². The van der Waals surface area contributed by atoms with E-state index in [-0.39, 0.29) is 11.5 Å². The molecule has 0 aliphatic carbocycles. The number of aromatic nitrogens is 4. The van der Waals surface area contributed by atoms with E-state index in [2.05, 4.69) is 35.3 Å². The zero-order valence-corrected chi connectivity index (χ0v) is 16.8. The first-order valence-corrected chi connectivity index (χ1v) is 10.2. The van der Waals surface area contributed by atoms with Crippen molar-refractivity contribution >= 4 is 28.4 Å². The number of halogens is 1. The number of thioether (sulfide) groups is 1. The molecule has 0 spiro atoms. The highest BCUT2D eigenvalue weighted by Gasteiger charge is 2.18. The summed E-state index contributed by atoms with van der Waals surface area (Å²) in [7, 11) is 0. The van der Waals surface area contributed by atoms with E-state index in [0.29, 0.717) is 28.4 Å². The maximum Gasteiger partial charge on any atom is 0.262 e. The molecule has 4 aromatic rings. The van der Waals surface area contributed by atoms with E-state index in [4.69, 9.17) is 0 Å². The van der Waals surface area contributed by atoms with Gasteiger partial charge < -0.3 is 0 Å². The summed E-state index contributed by atoms with van der Waals surface area (Å²) in [5.41, 5.74) is 2.78. The van der Waals surface area contributed by atoms with E-state index >= 15 is 0 Å². The Labute approximate surface area is 166 Å². The van der Waals surface area contributed by atoms with Gasteiger partial charge in [-0.05, 0) is 36.6 Å². The first kappa shape index (κ1) is 18.7. The minimum atomic E-state index is -0.429. The Kier molecular flexibility index (Phi) is 4.93. The molecule has 0 atom stereocenters. The molecule has 2 heterocycles. The van der Waals surface area contributed by atoms with Crippen molar-refractivity contribution < 1.29 is 4.39 Å². The molecule has 5 nitrogen and oxygen atoms in total. The lowest BCUT2D eigenvalue weighted by Crippen LogP contribution is -2.25. The van der Waals surface area contributed by atoms with Crippen LogP contribution in [0.4, 0.5) is 4.39 Å². The molecule has 0 aliphatic rings. The standard InChI is InChI=1S/C21H21FN4OS/c1-13(2)11-25-19(27)17-10-16(22)7-8-18(17)26-20(25)23-24-21(26)28-12-15-6-4-5-14(3)9-15/h4-10,13H,11-12H2,1-3H3. The lowest BCUT2D eigenvalue weighted by atomic mass is 10.2. The zero-order chi connectivity index (χ0) is 19.8. The summed E-state index contributed by atoms with van der Waals surface area (Å²) in [5, 5.41) is 9.66. The highest BCUT2D eigenvalue weighted by Crippen LogP contribution is 2.25. The molecule has 0 saturated carbocycles. The van der Waals surface area contributed by atoms with Gasteiger partial charge in [0.15, 0.2) is 5.16 Å². The Bertz CT molecular complexity index is 1230. The number of hydrogen-bond donors (Lipinski definition) is 0. The maximum atomic E-state index is 13.9. The second-order valence-electron chi connectivity index (χ2n) is 7.37. The molecule has 0 N–H and O–H groups in total. The average molecular weight is 396 g/mol. The van der Waals surface area contributed by atoms with Crippen molar-refractivity contribution in [1.82, 2.24) is 19.2 Å². The molecule has 0 amide bonds. The monoisotopic (exact) mass is 396 g/mol. The van der Waals surface area contributed by atoms with Gasteiger partial charge in [0, 0.05) is 12.3 Å². The van der Waals surface area contributed by atoms with Crippen LogP contribution in [-0.2, 0) is 12.3 Å². The van der Waals surface area contributed by atoms with Crippen molar-refractivity contribution in [3.8, 4) is 0 Å². The third-order valence-electron chi connectivity index (χ3n) is 4.53. The van der Waals surface area contributed by atoms with E-state index in [9.17, 15) is 9.18 Å². The fourth-order valence-corrected chi connectivity index (χ4v) is 4.21. The summed E-state index contributed by atoms with van der Waals surface area (Å²) in [5.74, 6) is 1.04. The summed E-state index contributed by atoms with van der Waals surface area (Å²) in [4.78, 5) is 13.0. The normalized spacial score (nSPS) is 11.8. The third kappa shape index (κ3) is 3.42. The first-order valence-electron chi connectivity index (χ1n) is 9.19. The molecular weight excluding hydrogens is 375 g/mol. The van der Waals surface area contributed by atoms with Gasteiger partial charge >= 0.3 is 0 Å². The molecule has 0 saturated heterocycles. The van der Waals surface area contributed by atoms with Gasteiger partial charge in [-0.15, -0.1) is 10.2 Å². The van der Waals surface area contributed by atoms with Crippen molar-refractivity contribution in [3.05, 3.63) is 69.8 Å². The minimum absolute atomic E-state index is 0.238. The van der Waals surface area contributed by atoms with Gasteiger partial charge in [0.2, 0.25) is 5.78 Å². The molecule has 28 heavy (non-hydrogen) atoms. The summed E-state index contributed by atoms with van der Waals surface area (Å²) in [6.45, 7) is 6.62. The van der Waals surface area contributed by atoms with Crippen LogP contribution >= 0.6 is 11.8 Å². The van der Waals surface area contributed by atoms with Gasteiger partial charge in [0.25, 0.3) is 5.56 Å². The fraction of sp³-hybridized carbons (Fsp3) is 0.286. The van der Waals surface area contributed by atoms with Gasteiger partial charge in [-0.1, -0.05) is 55.4 Å². The molecule has 0 bridgehead atoms. The Morgan fingerprint density at radius 3 is 2.71 bits per heavy atom. The number of aryl methyl sites for hydroxylation is 1. The topological polar surface area (TPSA) is 52.2 Å². The molecule has 7 heteroatoms. The Morgan fingerprint density at radius 2 is 1.96 bits per heavy atom. The predicted molar refractivity (Wildman–Crippen MR) is 110 cm³/mol. The highest BCUT2D eigenvalue weighted by molar-refractivity contribution is 7.98. The van der Waals surface area contributed by atoms with Gasteiger partial charge in [0.05, 0.1) is 10.9 Å². The number of rotatable bonds is 5. The molecule has 4 rings (SSSR count). The second-order valence-corrected chi connectivity index (χ2v) is 8.31. The van der Waals surface area contributed by atoms with Crippen molar-refractivity contribution in [2.24, 2.45) is 5.92 Å². The Hall–Kier alpha value is -2.67. The SMILES string of the molecule is Cc1cccc(CSc2nnc3n(CC(C)C)c(=O)c4cc(F)ccc4n23)c1. The van der Waals surface area contributed by atoms with Gasteiger partial charge in [-0.25, -0.2) is 4.39 Å². The predicted octanol–water partition coefficient (Wildman–Crippen LogP) is 4.44. The summed E-state index contributed by atoms with van der Waals surface area (Å²) >= 11 is 1.55. The van der Waals surface area contributed by atoms with Crippen molar-refractivity contribution in [3.63, 3.8) is 0 Å². The summed E-state index contributed by atoms with van der Waals surface area (Å²) < 4.78 is 17.3. The van der Waals surface area contributed by atoms with E-state index in [1.165, 1.54) is 23.3 Å². The van der Waals surface area contributed by atoms with E-state index < -0.39 is 5.82 Å². The number of nitrogens with zero attached hydrogens (tertiary/aromatic N) is 4. The quantitative estimate of drug-likeness (QED) is 0.468. The second kappa shape index (κ2) is 7.39. The smallest absolute Gasteiger partial charge is 0.262 e. The Morgan fingerprint density at radius 1 is 1.14 bits per heavy atom. The summed E-state index contributed by atoms with van der Waals surface area (Å²) in [6.07, 6.45) is 0. The molecule has 2 aromatic carbocycles. The van der Waals surface area contributed by atoms with Crippen molar-refractivity contribution in [2.75, 3.05) is 0 Å². The molecule has 0 radical (unpaired) electrons. The average Bonchev–Trinajstić information content (AvgIpc) is 3.07. The highest BCUT2D eigenvalue weighted by atomic mass is 32.2. The van der Waals surface area contributed by atoms with Crippen LogP contribution in [-0.4, -0.2) is 19.2 Å². The van der Waals surface area contributed by atoms with Crippen molar-refractivity contribution in [1.29, 1.82) is 0 Å². The van der Waals surface area contributed by atoms with Crippen LogP contribution in [0.25, 0.3) is 16.7 Å². The number of benzene rings is 2. The molecule has 144 valence electrons. The lowest BCUT2D eigenvalue weighted by molar-refractivity contribution is 0.517. The molecule has 0 fully saturated rings. The van der Waals surface area contributed by atoms with Crippen LogP contribution in [0.3, 0.4) is 0 Å². The van der Waals surface area contributed by atoms with Crippen LogP contribution < -0.4 is 5.56 Å². The summed E-state index contributed by atoms with van der Waals surface area (Å²) in [6, 6.07) is 12.6. The molecule has 0 unspecified atom stereocenters. The van der Waals surface area contributed by atoms with Crippen LogP contribution in [0.15, 0.2) is 52.4 Å². The number of hydrogen-bond acceptors (Lipinski definition) is 4. The van der Waals surface area contributed by atoms with Gasteiger partial charge in [0.1, 0.15) is 5.82 Å². The third-order valence-corrected chi connectivity index (χ3v) is 5.53. The first-order chi connectivity index (χ1) is 13.4. The largest absolute Gasteiger partial charge is 0.276 e. The van der Waals surface area contributed by atoms with E-state index in [1.54, 1.807) is 22.4 Å². The van der Waals surface area contributed by atoms with Crippen LogP contribution in [0.5, 0.6) is 0 Å². The van der Waals surface area contributed by atoms with Crippen molar-refractivity contribution in [2.45, 2.75) is 38.2 Å². The van der Waals surface area contributed by atoms with Gasteiger partial charge in [-0.3, -0.25) is 13.8 Å². The maximum absolute atomic E-state index is 13.9.